The number of alkyl halides is 2. The number of aryl methyl sites for hydroxylation is 1. The third-order valence-electron chi connectivity index (χ3n) is 1.95. The Kier molecular flexibility index (Phi) is 3.45. The van der Waals surface area contributed by atoms with Gasteiger partial charge in [0.1, 0.15) is 0 Å². The molecule has 0 aliphatic rings. The van der Waals surface area contributed by atoms with Crippen molar-refractivity contribution in [2.75, 3.05) is 0 Å². The van der Waals surface area contributed by atoms with E-state index >= 15 is 0 Å². The molecule has 0 spiro atoms. The standard InChI is InChI=1S/C10H12ClF2N/c1-2-3-7-6-8(11)4-5-9(7)10(12,13)14/h4-6H,2-3,14H2,1H3. The number of hydrogen-bond donors (Lipinski definition) is 1. The third-order valence-corrected chi connectivity index (χ3v) is 2.18. The second-order valence-electron chi connectivity index (χ2n) is 3.17. The third kappa shape index (κ3) is 2.66. The Balaban J connectivity index is 3.15. The molecule has 0 aliphatic heterocycles. The molecule has 0 saturated heterocycles. The van der Waals surface area contributed by atoms with Crippen molar-refractivity contribution in [1.82, 2.24) is 0 Å². The van der Waals surface area contributed by atoms with Crippen LogP contribution in [0.25, 0.3) is 0 Å². The lowest BCUT2D eigenvalue weighted by Gasteiger charge is -2.15. The summed E-state index contributed by atoms with van der Waals surface area (Å²) in [7, 11) is 0. The molecule has 0 unspecified atom stereocenters. The Morgan fingerprint density at radius 1 is 1.43 bits per heavy atom. The zero-order valence-corrected chi connectivity index (χ0v) is 8.61. The Morgan fingerprint density at radius 2 is 2.07 bits per heavy atom. The van der Waals surface area contributed by atoms with Crippen molar-refractivity contribution in [3.63, 3.8) is 0 Å². The Morgan fingerprint density at radius 3 is 2.57 bits per heavy atom. The summed E-state index contributed by atoms with van der Waals surface area (Å²) in [6.07, 6.45) is 1.34. The Labute approximate surface area is 86.9 Å². The highest BCUT2D eigenvalue weighted by Crippen LogP contribution is 2.28. The lowest BCUT2D eigenvalue weighted by atomic mass is 10.0. The maximum atomic E-state index is 12.9. The van der Waals surface area contributed by atoms with Gasteiger partial charge in [-0.05, 0) is 30.2 Å². The van der Waals surface area contributed by atoms with E-state index in [-0.39, 0.29) is 5.56 Å². The highest BCUT2D eigenvalue weighted by atomic mass is 35.5. The molecule has 78 valence electrons. The van der Waals surface area contributed by atoms with Crippen molar-refractivity contribution < 1.29 is 8.78 Å². The first kappa shape index (κ1) is 11.4. The van der Waals surface area contributed by atoms with E-state index in [1.807, 2.05) is 6.92 Å². The topological polar surface area (TPSA) is 26.0 Å². The molecule has 0 fully saturated rings. The molecule has 1 rings (SSSR count). The molecule has 0 aromatic heterocycles. The van der Waals surface area contributed by atoms with Crippen LogP contribution in [0.4, 0.5) is 8.78 Å². The first-order valence-electron chi connectivity index (χ1n) is 4.40. The van der Waals surface area contributed by atoms with Gasteiger partial charge >= 0.3 is 6.05 Å². The van der Waals surface area contributed by atoms with E-state index in [0.717, 1.165) is 6.42 Å². The summed E-state index contributed by atoms with van der Waals surface area (Å²) in [5.41, 5.74) is 5.15. The fraction of sp³-hybridized carbons (Fsp3) is 0.400. The van der Waals surface area contributed by atoms with Crippen LogP contribution in [0.15, 0.2) is 18.2 Å². The van der Waals surface area contributed by atoms with Crippen LogP contribution < -0.4 is 5.73 Å². The van der Waals surface area contributed by atoms with Gasteiger partial charge in [0, 0.05) is 10.6 Å². The molecule has 0 heterocycles. The van der Waals surface area contributed by atoms with Crippen LogP contribution in [0, 0.1) is 0 Å². The van der Waals surface area contributed by atoms with Crippen molar-refractivity contribution in [1.29, 1.82) is 0 Å². The summed E-state index contributed by atoms with van der Waals surface area (Å²) in [6, 6.07) is 0.973. The quantitative estimate of drug-likeness (QED) is 0.776. The molecular weight excluding hydrogens is 208 g/mol. The van der Waals surface area contributed by atoms with Crippen LogP contribution in [0.5, 0.6) is 0 Å². The molecule has 0 radical (unpaired) electrons. The summed E-state index contributed by atoms with van der Waals surface area (Å²) < 4.78 is 25.8. The molecular formula is C10H12ClF2N. The van der Waals surface area contributed by atoms with Gasteiger partial charge in [0.25, 0.3) is 0 Å². The van der Waals surface area contributed by atoms with Gasteiger partial charge in [0.2, 0.25) is 0 Å². The maximum Gasteiger partial charge on any atom is 0.327 e. The lowest BCUT2D eigenvalue weighted by molar-refractivity contribution is 0.00209. The lowest BCUT2D eigenvalue weighted by Crippen LogP contribution is -2.26. The predicted octanol–water partition coefficient (Wildman–Crippen LogP) is 3.30. The van der Waals surface area contributed by atoms with Crippen molar-refractivity contribution in [3.8, 4) is 0 Å². The number of hydrogen-bond acceptors (Lipinski definition) is 1. The zero-order chi connectivity index (χ0) is 10.8. The number of benzene rings is 1. The molecule has 1 aromatic rings. The van der Waals surface area contributed by atoms with Crippen molar-refractivity contribution >= 4 is 11.6 Å². The molecule has 0 bridgehead atoms. The van der Waals surface area contributed by atoms with Gasteiger partial charge in [0.05, 0.1) is 0 Å². The highest BCUT2D eigenvalue weighted by molar-refractivity contribution is 6.30. The van der Waals surface area contributed by atoms with Crippen molar-refractivity contribution in [2.45, 2.75) is 25.8 Å². The Bertz CT molecular complexity index is 320. The fourth-order valence-corrected chi connectivity index (χ4v) is 1.56. The number of nitrogens with two attached hydrogens (primary N) is 1. The molecule has 0 aliphatic carbocycles. The summed E-state index contributed by atoms with van der Waals surface area (Å²) in [5.74, 6) is 0. The second-order valence-corrected chi connectivity index (χ2v) is 3.61. The summed E-state index contributed by atoms with van der Waals surface area (Å²) in [6.45, 7) is 1.92. The molecule has 1 nitrogen and oxygen atoms in total. The van der Waals surface area contributed by atoms with Crippen LogP contribution in [0.3, 0.4) is 0 Å². The van der Waals surface area contributed by atoms with Crippen LogP contribution >= 0.6 is 11.6 Å². The number of rotatable bonds is 3. The minimum atomic E-state index is -3.28. The van der Waals surface area contributed by atoms with Gasteiger partial charge in [-0.1, -0.05) is 24.9 Å². The maximum absolute atomic E-state index is 12.9. The van der Waals surface area contributed by atoms with E-state index in [1.54, 1.807) is 6.07 Å². The molecule has 4 heteroatoms. The number of halogens is 3. The van der Waals surface area contributed by atoms with Crippen LogP contribution in [-0.2, 0) is 12.5 Å². The van der Waals surface area contributed by atoms with Crippen molar-refractivity contribution in [2.24, 2.45) is 5.73 Å². The average Bonchev–Trinajstić information content (AvgIpc) is 2.02. The van der Waals surface area contributed by atoms with E-state index in [1.165, 1.54) is 12.1 Å². The first-order valence-corrected chi connectivity index (χ1v) is 4.78. The monoisotopic (exact) mass is 219 g/mol. The SMILES string of the molecule is CCCc1cc(Cl)ccc1C(N)(F)F. The Hall–Kier alpha value is -0.670. The van der Waals surface area contributed by atoms with Gasteiger partial charge in [-0.25, -0.2) is 0 Å². The summed E-state index contributed by atoms with van der Waals surface area (Å²) in [4.78, 5) is 0. The second kappa shape index (κ2) is 4.24. The minimum absolute atomic E-state index is 0.135. The summed E-state index contributed by atoms with van der Waals surface area (Å²) >= 11 is 5.72. The van der Waals surface area contributed by atoms with Crippen LogP contribution in [0.1, 0.15) is 24.5 Å². The smallest absolute Gasteiger partial charge is 0.268 e. The van der Waals surface area contributed by atoms with Crippen LogP contribution in [-0.4, -0.2) is 0 Å². The van der Waals surface area contributed by atoms with Gasteiger partial charge in [-0.15, -0.1) is 0 Å². The molecule has 1 aromatic carbocycles. The van der Waals surface area contributed by atoms with Gasteiger partial charge in [0.15, 0.2) is 0 Å². The van der Waals surface area contributed by atoms with E-state index < -0.39 is 6.05 Å². The molecule has 0 atom stereocenters. The van der Waals surface area contributed by atoms with E-state index in [2.05, 4.69) is 0 Å². The van der Waals surface area contributed by atoms with Crippen LogP contribution in [0.2, 0.25) is 5.02 Å². The fourth-order valence-electron chi connectivity index (χ4n) is 1.36. The van der Waals surface area contributed by atoms with Gasteiger partial charge < -0.3 is 0 Å². The predicted molar refractivity (Wildman–Crippen MR) is 53.5 cm³/mol. The molecule has 2 N–H and O–H groups in total. The van der Waals surface area contributed by atoms with E-state index in [0.29, 0.717) is 17.0 Å². The minimum Gasteiger partial charge on any atom is -0.268 e. The van der Waals surface area contributed by atoms with Gasteiger partial charge in [-0.2, -0.15) is 8.78 Å². The zero-order valence-electron chi connectivity index (χ0n) is 7.86. The van der Waals surface area contributed by atoms with E-state index in [4.69, 9.17) is 17.3 Å². The highest BCUT2D eigenvalue weighted by Gasteiger charge is 2.27. The van der Waals surface area contributed by atoms with E-state index in [9.17, 15) is 8.78 Å². The molecule has 14 heavy (non-hydrogen) atoms. The largest absolute Gasteiger partial charge is 0.327 e. The summed E-state index contributed by atoms with van der Waals surface area (Å²) in [5, 5.41) is 0.460. The van der Waals surface area contributed by atoms with Crippen molar-refractivity contribution in [3.05, 3.63) is 34.3 Å². The van der Waals surface area contributed by atoms with Gasteiger partial charge in [-0.3, -0.25) is 5.73 Å². The average molecular weight is 220 g/mol. The first-order chi connectivity index (χ1) is 6.45. The molecule has 0 amide bonds. The molecule has 0 saturated carbocycles. The normalized spacial score (nSPS) is 11.8.